The van der Waals surface area contributed by atoms with E-state index in [1.165, 1.54) is 42.5 Å². The topological polar surface area (TPSA) is 121 Å². The number of Topliss-reactive ketones (excluding diaryl/α,β-unsaturated/α-hetero) is 1. The molecule has 0 aliphatic carbocycles. The maximum Gasteiger partial charge on any atom is 0.264 e. The number of anilines is 2. The lowest BCUT2D eigenvalue weighted by Gasteiger charge is -2.10. The third-order valence-electron chi connectivity index (χ3n) is 4.08. The number of phenolic OH excluding ortho intramolecular Hbond substituents is 1. The number of ketones is 1. The number of hydrogen-bond acceptors (Lipinski definition) is 7. The molecule has 1 heterocycles. The molecule has 0 unspecified atom stereocenters. The molecule has 3 rings (SSSR count). The maximum atomic E-state index is 12.6. The second-order valence-corrected chi connectivity index (χ2v) is 8.66. The van der Waals surface area contributed by atoms with Gasteiger partial charge in [0, 0.05) is 22.1 Å². The Kier molecular flexibility index (Phi) is 6.23. The normalized spacial score (nSPS) is 11.2. The Hall–Kier alpha value is -3.17. The Balaban J connectivity index is 1.68. The van der Waals surface area contributed by atoms with Gasteiger partial charge in [-0.1, -0.05) is 11.6 Å². The van der Waals surface area contributed by atoms with Crippen LogP contribution >= 0.6 is 11.6 Å². The van der Waals surface area contributed by atoms with Crippen molar-refractivity contribution < 1.29 is 18.3 Å². The second-order valence-electron chi connectivity index (χ2n) is 6.54. The molecule has 0 aliphatic rings. The third kappa shape index (κ3) is 5.25. The molecule has 2 aromatic carbocycles. The number of halogens is 1. The number of carbonyl (C=O) groups is 1. The molecule has 1 aromatic heterocycles. The zero-order valence-corrected chi connectivity index (χ0v) is 17.8. The molecule has 0 bridgehead atoms. The van der Waals surface area contributed by atoms with E-state index in [4.69, 9.17) is 11.6 Å². The van der Waals surface area contributed by atoms with Gasteiger partial charge in [-0.2, -0.15) is 0 Å². The zero-order chi connectivity index (χ0) is 21.9. The number of nitrogens with one attached hydrogen (secondary N) is 2. The average Bonchev–Trinajstić information content (AvgIpc) is 2.67. The van der Waals surface area contributed by atoms with Gasteiger partial charge in [-0.05, 0) is 62.4 Å². The van der Waals surface area contributed by atoms with Gasteiger partial charge in [0.15, 0.2) is 5.78 Å². The van der Waals surface area contributed by atoms with Crippen LogP contribution in [0.5, 0.6) is 5.75 Å². The monoisotopic (exact) mass is 446 g/mol. The standard InChI is InChI=1S/C20H19ClN4O4S/c1-12-9-13(2)24-20(23-12)25-30(28,29)16-6-4-15(5-7-16)22-11-19(27)17-10-14(21)3-8-18(17)26/h3-10,22,26H,11H2,1-2H3,(H,23,24,25). The number of benzene rings is 2. The predicted molar refractivity (Wildman–Crippen MR) is 115 cm³/mol. The van der Waals surface area contributed by atoms with Crippen LogP contribution in [0, 0.1) is 13.8 Å². The highest BCUT2D eigenvalue weighted by molar-refractivity contribution is 7.92. The van der Waals surface area contributed by atoms with Crippen LogP contribution in [0.3, 0.4) is 0 Å². The van der Waals surface area contributed by atoms with E-state index >= 15 is 0 Å². The van der Waals surface area contributed by atoms with E-state index in [2.05, 4.69) is 20.0 Å². The molecule has 0 atom stereocenters. The molecule has 3 aromatic rings. The van der Waals surface area contributed by atoms with E-state index in [0.29, 0.717) is 22.1 Å². The number of carbonyl (C=O) groups excluding carboxylic acids is 1. The minimum atomic E-state index is -3.87. The van der Waals surface area contributed by atoms with Crippen molar-refractivity contribution in [3.05, 3.63) is 70.5 Å². The van der Waals surface area contributed by atoms with Crippen LogP contribution in [0.1, 0.15) is 21.7 Å². The van der Waals surface area contributed by atoms with Crippen molar-refractivity contribution in [1.82, 2.24) is 9.97 Å². The molecular formula is C20H19ClN4O4S. The maximum absolute atomic E-state index is 12.6. The summed E-state index contributed by atoms with van der Waals surface area (Å²) >= 11 is 5.86. The van der Waals surface area contributed by atoms with Crippen molar-refractivity contribution in [3.8, 4) is 5.75 Å². The molecule has 0 fully saturated rings. The molecule has 0 saturated carbocycles. The number of nitrogens with zero attached hydrogens (tertiary/aromatic N) is 2. The van der Waals surface area contributed by atoms with Gasteiger partial charge in [-0.15, -0.1) is 0 Å². The van der Waals surface area contributed by atoms with Crippen LogP contribution in [0.15, 0.2) is 53.4 Å². The van der Waals surface area contributed by atoms with Gasteiger partial charge in [0.2, 0.25) is 5.95 Å². The van der Waals surface area contributed by atoms with Crippen molar-refractivity contribution in [1.29, 1.82) is 0 Å². The van der Waals surface area contributed by atoms with E-state index in [1.54, 1.807) is 19.9 Å². The highest BCUT2D eigenvalue weighted by Crippen LogP contribution is 2.22. The average molecular weight is 447 g/mol. The Bertz CT molecular complexity index is 1180. The van der Waals surface area contributed by atoms with Crippen LogP contribution in [0.2, 0.25) is 5.02 Å². The number of aromatic hydroxyl groups is 1. The van der Waals surface area contributed by atoms with Gasteiger partial charge in [-0.3, -0.25) is 4.79 Å². The van der Waals surface area contributed by atoms with Crippen molar-refractivity contribution in [2.75, 3.05) is 16.6 Å². The number of phenols is 1. The van der Waals surface area contributed by atoms with Gasteiger partial charge >= 0.3 is 0 Å². The SMILES string of the molecule is Cc1cc(C)nc(NS(=O)(=O)c2ccc(NCC(=O)c3cc(Cl)ccc3O)cc2)n1. The lowest BCUT2D eigenvalue weighted by atomic mass is 10.1. The second kappa shape index (κ2) is 8.68. The van der Waals surface area contributed by atoms with Crippen molar-refractivity contribution in [2.45, 2.75) is 18.7 Å². The van der Waals surface area contributed by atoms with Crippen molar-refractivity contribution in [2.24, 2.45) is 0 Å². The summed E-state index contributed by atoms with van der Waals surface area (Å²) in [4.78, 5) is 20.4. The first kappa shape index (κ1) is 21.5. The number of aromatic nitrogens is 2. The van der Waals surface area contributed by atoms with E-state index in [1.807, 2.05) is 0 Å². The first-order chi connectivity index (χ1) is 14.1. The fourth-order valence-corrected chi connectivity index (χ4v) is 3.83. The van der Waals surface area contributed by atoms with Crippen LogP contribution in [0.25, 0.3) is 0 Å². The first-order valence-corrected chi connectivity index (χ1v) is 10.7. The van der Waals surface area contributed by atoms with E-state index in [0.717, 1.165) is 0 Å². The summed E-state index contributed by atoms with van der Waals surface area (Å²) in [5.74, 6) is -0.519. The molecule has 8 nitrogen and oxygen atoms in total. The fourth-order valence-electron chi connectivity index (χ4n) is 2.71. The summed E-state index contributed by atoms with van der Waals surface area (Å²) in [6.45, 7) is 3.39. The molecule has 156 valence electrons. The summed E-state index contributed by atoms with van der Waals surface area (Å²) < 4.78 is 27.5. The van der Waals surface area contributed by atoms with Gasteiger partial charge in [0.1, 0.15) is 5.75 Å². The van der Waals surface area contributed by atoms with Gasteiger partial charge in [-0.25, -0.2) is 23.1 Å². The molecule has 10 heteroatoms. The smallest absolute Gasteiger partial charge is 0.264 e. The molecule has 0 amide bonds. The van der Waals surface area contributed by atoms with Gasteiger partial charge in [0.25, 0.3) is 10.0 Å². The Morgan fingerprint density at radius 3 is 2.30 bits per heavy atom. The molecular weight excluding hydrogens is 428 g/mol. The number of hydrogen-bond donors (Lipinski definition) is 3. The fraction of sp³-hybridized carbons (Fsp3) is 0.150. The molecule has 30 heavy (non-hydrogen) atoms. The largest absolute Gasteiger partial charge is 0.507 e. The number of aryl methyl sites for hydroxylation is 2. The predicted octanol–water partition coefficient (Wildman–Crippen LogP) is 3.55. The summed E-state index contributed by atoms with van der Waals surface area (Å²) in [7, 11) is -3.87. The van der Waals surface area contributed by atoms with Crippen LogP contribution < -0.4 is 10.0 Å². The molecule has 0 spiro atoms. The molecule has 0 saturated heterocycles. The Morgan fingerprint density at radius 2 is 1.67 bits per heavy atom. The van der Waals surface area contributed by atoms with Crippen molar-refractivity contribution in [3.63, 3.8) is 0 Å². The van der Waals surface area contributed by atoms with Crippen LogP contribution in [0.4, 0.5) is 11.6 Å². The highest BCUT2D eigenvalue weighted by atomic mass is 35.5. The van der Waals surface area contributed by atoms with Crippen molar-refractivity contribution >= 4 is 39.0 Å². The number of rotatable bonds is 7. The van der Waals surface area contributed by atoms with Crippen LogP contribution in [-0.2, 0) is 10.0 Å². The minimum Gasteiger partial charge on any atom is -0.507 e. The minimum absolute atomic E-state index is 0.00151. The number of sulfonamides is 1. The Morgan fingerprint density at radius 1 is 1.03 bits per heavy atom. The quantitative estimate of drug-likeness (QED) is 0.474. The molecule has 0 aliphatic heterocycles. The molecule has 3 N–H and O–H groups in total. The van der Waals surface area contributed by atoms with E-state index in [9.17, 15) is 18.3 Å². The summed E-state index contributed by atoms with van der Waals surface area (Å²) in [6.07, 6.45) is 0. The Labute approximate surface area is 179 Å². The van der Waals surface area contributed by atoms with E-state index < -0.39 is 10.0 Å². The van der Waals surface area contributed by atoms with E-state index in [-0.39, 0.29) is 34.5 Å². The van der Waals surface area contributed by atoms with Gasteiger partial charge in [0.05, 0.1) is 17.0 Å². The highest BCUT2D eigenvalue weighted by Gasteiger charge is 2.16. The molecule has 0 radical (unpaired) electrons. The first-order valence-electron chi connectivity index (χ1n) is 8.85. The zero-order valence-electron chi connectivity index (χ0n) is 16.2. The summed E-state index contributed by atoms with van der Waals surface area (Å²) in [5.41, 5.74) is 1.93. The third-order valence-corrected chi connectivity index (χ3v) is 5.66. The summed E-state index contributed by atoms with van der Waals surface area (Å²) in [6, 6.07) is 11.8. The lowest BCUT2D eigenvalue weighted by Crippen LogP contribution is -2.16. The summed E-state index contributed by atoms with van der Waals surface area (Å²) in [5, 5.41) is 13.0. The van der Waals surface area contributed by atoms with Crippen LogP contribution in [-0.4, -0.2) is 35.8 Å². The van der Waals surface area contributed by atoms with Gasteiger partial charge < -0.3 is 10.4 Å². The lowest BCUT2D eigenvalue weighted by molar-refractivity contribution is 0.100.